The topological polar surface area (TPSA) is 22.1 Å². The van der Waals surface area contributed by atoms with Crippen LogP contribution in [0.15, 0.2) is 42.7 Å². The highest BCUT2D eigenvalue weighted by Gasteiger charge is 2.10. The molecule has 0 fully saturated rings. The van der Waals surface area contributed by atoms with E-state index in [4.69, 9.17) is 4.74 Å². The van der Waals surface area contributed by atoms with E-state index < -0.39 is 0 Å². The molecule has 0 amide bonds. The largest absolute Gasteiger partial charge is 0.494 e. The van der Waals surface area contributed by atoms with Crippen LogP contribution in [0, 0.1) is 0 Å². The second-order valence-electron chi connectivity index (χ2n) is 3.38. The molecule has 0 bridgehead atoms. The van der Waals surface area contributed by atoms with Crippen LogP contribution in [0.25, 0.3) is 11.1 Å². The SMILES string of the molecule is COc1cncc(CBr)c1-c1ccccc1. The summed E-state index contributed by atoms with van der Waals surface area (Å²) in [6, 6.07) is 10.2. The molecule has 82 valence electrons. The maximum atomic E-state index is 5.36. The molecule has 0 saturated heterocycles. The van der Waals surface area contributed by atoms with Crippen molar-refractivity contribution in [3.8, 4) is 16.9 Å². The van der Waals surface area contributed by atoms with E-state index >= 15 is 0 Å². The van der Waals surface area contributed by atoms with E-state index in [0.717, 1.165) is 27.8 Å². The van der Waals surface area contributed by atoms with E-state index in [1.165, 1.54) is 0 Å². The van der Waals surface area contributed by atoms with Gasteiger partial charge in [-0.25, -0.2) is 0 Å². The van der Waals surface area contributed by atoms with Crippen molar-refractivity contribution in [2.75, 3.05) is 7.11 Å². The average Bonchev–Trinajstić information content (AvgIpc) is 2.38. The number of aromatic nitrogens is 1. The predicted molar refractivity (Wildman–Crippen MR) is 68.9 cm³/mol. The Morgan fingerprint density at radius 2 is 1.94 bits per heavy atom. The van der Waals surface area contributed by atoms with Crippen LogP contribution in [0.4, 0.5) is 0 Å². The average molecular weight is 278 g/mol. The monoisotopic (exact) mass is 277 g/mol. The van der Waals surface area contributed by atoms with Crippen molar-refractivity contribution in [2.24, 2.45) is 0 Å². The molecule has 0 saturated carbocycles. The fourth-order valence-electron chi connectivity index (χ4n) is 1.67. The van der Waals surface area contributed by atoms with Crippen LogP contribution in [0.1, 0.15) is 5.56 Å². The van der Waals surface area contributed by atoms with Crippen LogP contribution in [-0.4, -0.2) is 12.1 Å². The second-order valence-corrected chi connectivity index (χ2v) is 3.94. The molecular weight excluding hydrogens is 266 g/mol. The van der Waals surface area contributed by atoms with Crippen molar-refractivity contribution >= 4 is 15.9 Å². The molecule has 1 heterocycles. The van der Waals surface area contributed by atoms with Gasteiger partial charge in [-0.05, 0) is 11.1 Å². The lowest BCUT2D eigenvalue weighted by atomic mass is 10.0. The highest BCUT2D eigenvalue weighted by molar-refractivity contribution is 9.08. The molecule has 1 aromatic carbocycles. The van der Waals surface area contributed by atoms with Crippen LogP contribution >= 0.6 is 15.9 Å². The first-order valence-electron chi connectivity index (χ1n) is 4.99. The number of halogens is 1. The molecule has 2 aromatic rings. The first-order valence-corrected chi connectivity index (χ1v) is 6.11. The molecule has 3 heteroatoms. The number of hydrogen-bond donors (Lipinski definition) is 0. The summed E-state index contributed by atoms with van der Waals surface area (Å²) in [5.74, 6) is 0.808. The molecule has 0 unspecified atom stereocenters. The Balaban J connectivity index is 2.62. The first kappa shape index (κ1) is 11.1. The third kappa shape index (κ3) is 2.09. The van der Waals surface area contributed by atoms with Crippen molar-refractivity contribution in [2.45, 2.75) is 5.33 Å². The van der Waals surface area contributed by atoms with Crippen molar-refractivity contribution in [1.82, 2.24) is 4.98 Å². The summed E-state index contributed by atoms with van der Waals surface area (Å²) in [6.07, 6.45) is 3.61. The zero-order chi connectivity index (χ0) is 11.4. The normalized spacial score (nSPS) is 10.1. The number of methoxy groups -OCH3 is 1. The fourth-order valence-corrected chi connectivity index (χ4v) is 2.10. The predicted octanol–water partition coefficient (Wildman–Crippen LogP) is 3.65. The molecular formula is C13H12BrNO. The molecule has 0 aliphatic rings. The maximum absolute atomic E-state index is 5.36. The van der Waals surface area contributed by atoms with E-state index in [-0.39, 0.29) is 0 Å². The van der Waals surface area contributed by atoms with E-state index in [2.05, 4.69) is 33.0 Å². The van der Waals surface area contributed by atoms with Gasteiger partial charge in [0.25, 0.3) is 0 Å². The van der Waals surface area contributed by atoms with E-state index in [0.29, 0.717) is 0 Å². The van der Waals surface area contributed by atoms with Crippen LogP contribution in [-0.2, 0) is 5.33 Å². The van der Waals surface area contributed by atoms with E-state index in [1.807, 2.05) is 24.4 Å². The summed E-state index contributed by atoms with van der Waals surface area (Å²) < 4.78 is 5.36. The number of hydrogen-bond acceptors (Lipinski definition) is 2. The third-order valence-electron chi connectivity index (χ3n) is 2.42. The lowest BCUT2D eigenvalue weighted by molar-refractivity contribution is 0.414. The van der Waals surface area contributed by atoms with Gasteiger partial charge in [-0.2, -0.15) is 0 Å². The van der Waals surface area contributed by atoms with Gasteiger partial charge < -0.3 is 4.74 Å². The molecule has 0 radical (unpaired) electrons. The number of rotatable bonds is 3. The van der Waals surface area contributed by atoms with Crippen LogP contribution in [0.3, 0.4) is 0 Å². The number of nitrogens with zero attached hydrogens (tertiary/aromatic N) is 1. The number of ether oxygens (including phenoxy) is 1. The molecule has 0 atom stereocenters. The van der Waals surface area contributed by atoms with Gasteiger partial charge in [-0.15, -0.1) is 0 Å². The quantitative estimate of drug-likeness (QED) is 0.799. The van der Waals surface area contributed by atoms with Crippen molar-refractivity contribution < 1.29 is 4.74 Å². The zero-order valence-electron chi connectivity index (χ0n) is 8.98. The van der Waals surface area contributed by atoms with Crippen molar-refractivity contribution in [1.29, 1.82) is 0 Å². The molecule has 2 rings (SSSR count). The Morgan fingerprint density at radius 1 is 1.19 bits per heavy atom. The second kappa shape index (κ2) is 5.12. The fraction of sp³-hybridized carbons (Fsp3) is 0.154. The third-order valence-corrected chi connectivity index (χ3v) is 3.02. The smallest absolute Gasteiger partial charge is 0.145 e. The summed E-state index contributed by atoms with van der Waals surface area (Å²) in [4.78, 5) is 4.16. The molecule has 0 aliphatic carbocycles. The van der Waals surface area contributed by atoms with Crippen LogP contribution in [0.5, 0.6) is 5.75 Å². The summed E-state index contributed by atoms with van der Waals surface area (Å²) in [7, 11) is 1.67. The summed E-state index contributed by atoms with van der Waals surface area (Å²) in [6.45, 7) is 0. The lowest BCUT2D eigenvalue weighted by Gasteiger charge is -2.11. The minimum atomic E-state index is 0.765. The minimum absolute atomic E-state index is 0.765. The number of pyridine rings is 1. The number of benzene rings is 1. The maximum Gasteiger partial charge on any atom is 0.145 e. The van der Waals surface area contributed by atoms with Gasteiger partial charge >= 0.3 is 0 Å². The highest BCUT2D eigenvalue weighted by atomic mass is 79.9. The van der Waals surface area contributed by atoms with Gasteiger partial charge in [0.15, 0.2) is 0 Å². The van der Waals surface area contributed by atoms with Crippen molar-refractivity contribution in [3.05, 3.63) is 48.3 Å². The Hall–Kier alpha value is -1.35. The van der Waals surface area contributed by atoms with E-state index in [1.54, 1.807) is 13.3 Å². The highest BCUT2D eigenvalue weighted by Crippen LogP contribution is 2.33. The van der Waals surface area contributed by atoms with Crippen molar-refractivity contribution in [3.63, 3.8) is 0 Å². The Bertz CT molecular complexity index is 448. The van der Waals surface area contributed by atoms with Gasteiger partial charge in [0, 0.05) is 17.1 Å². The lowest BCUT2D eigenvalue weighted by Crippen LogP contribution is -1.94. The summed E-state index contributed by atoms with van der Waals surface area (Å²) >= 11 is 3.47. The van der Waals surface area contributed by atoms with E-state index in [9.17, 15) is 0 Å². The Kier molecular flexibility index (Phi) is 3.57. The van der Waals surface area contributed by atoms with Gasteiger partial charge in [-0.3, -0.25) is 4.98 Å². The summed E-state index contributed by atoms with van der Waals surface area (Å²) in [5, 5.41) is 0.765. The van der Waals surface area contributed by atoms with Crippen LogP contribution < -0.4 is 4.74 Å². The first-order chi connectivity index (χ1) is 7.86. The van der Waals surface area contributed by atoms with Gasteiger partial charge in [0.2, 0.25) is 0 Å². The zero-order valence-corrected chi connectivity index (χ0v) is 10.6. The molecule has 0 spiro atoms. The van der Waals surface area contributed by atoms with Gasteiger partial charge in [0.05, 0.1) is 13.3 Å². The van der Waals surface area contributed by atoms with Gasteiger partial charge in [0.1, 0.15) is 5.75 Å². The van der Waals surface area contributed by atoms with Gasteiger partial charge in [-0.1, -0.05) is 46.3 Å². The van der Waals surface area contributed by atoms with Crippen LogP contribution in [0.2, 0.25) is 0 Å². The molecule has 0 N–H and O–H groups in total. The minimum Gasteiger partial charge on any atom is -0.494 e. The Morgan fingerprint density at radius 3 is 2.56 bits per heavy atom. The summed E-state index contributed by atoms with van der Waals surface area (Å²) in [5.41, 5.74) is 3.39. The molecule has 1 aromatic heterocycles. The molecule has 2 nitrogen and oxygen atoms in total. The Labute approximate surface area is 103 Å². The number of alkyl halides is 1. The molecule has 0 aliphatic heterocycles. The molecule has 16 heavy (non-hydrogen) atoms. The standard InChI is InChI=1S/C13H12BrNO/c1-16-12-9-15-8-11(7-14)13(12)10-5-3-2-4-6-10/h2-6,8-9H,7H2,1H3.